The van der Waals surface area contributed by atoms with Crippen molar-refractivity contribution < 1.29 is 4.79 Å². The number of nitrogens with one attached hydrogen (secondary N) is 1. The first-order valence-electron chi connectivity index (χ1n) is 6.26. The summed E-state index contributed by atoms with van der Waals surface area (Å²) in [5.74, 6) is 6.41. The molecule has 0 aromatic carbocycles. The van der Waals surface area contributed by atoms with E-state index in [4.69, 9.17) is 11.6 Å². The van der Waals surface area contributed by atoms with E-state index in [0.717, 1.165) is 18.7 Å². The average molecular weight is 264 g/mol. The molecule has 0 aliphatic carbocycles. The number of hydrogen-bond acceptors (Lipinski definition) is 6. The molecule has 2 rings (SSSR count). The predicted octanol–water partition coefficient (Wildman–Crippen LogP) is -0.232. The van der Waals surface area contributed by atoms with Gasteiger partial charge in [0.25, 0.3) is 0 Å². The Kier molecular flexibility index (Phi) is 3.68. The maximum absolute atomic E-state index is 11.4. The molecule has 19 heavy (non-hydrogen) atoms. The van der Waals surface area contributed by atoms with Crippen molar-refractivity contribution in [2.45, 2.75) is 26.8 Å². The lowest BCUT2D eigenvalue weighted by atomic mass is 9.89. The zero-order valence-corrected chi connectivity index (χ0v) is 11.3. The summed E-state index contributed by atoms with van der Waals surface area (Å²) in [6.07, 6.45) is 0.774. The van der Waals surface area contributed by atoms with Crippen LogP contribution in [0.5, 0.6) is 0 Å². The number of carbonyl (C=O) groups excluding carboxylic acids is 1. The molecule has 1 unspecified atom stereocenters. The van der Waals surface area contributed by atoms with Crippen LogP contribution < -0.4 is 17.0 Å². The molecule has 1 aromatic heterocycles. The van der Waals surface area contributed by atoms with Crippen molar-refractivity contribution in [3.8, 4) is 0 Å². The van der Waals surface area contributed by atoms with Gasteiger partial charge in [-0.2, -0.15) is 0 Å². The Morgan fingerprint density at radius 1 is 1.58 bits per heavy atom. The van der Waals surface area contributed by atoms with Crippen LogP contribution in [-0.2, 0) is 11.3 Å². The molecular formula is C12H20N6O. The third-order valence-electron chi connectivity index (χ3n) is 3.56. The number of nitrogen functional groups attached to an aromatic ring is 1. The SMILES string of the molecule is Cc1cc(NN)nc(CN2CCC(C)(C(N)=O)C2)n1. The lowest BCUT2D eigenvalue weighted by Gasteiger charge is -2.20. The van der Waals surface area contributed by atoms with Crippen molar-refractivity contribution in [3.63, 3.8) is 0 Å². The van der Waals surface area contributed by atoms with Crippen LogP contribution in [0, 0.1) is 12.3 Å². The molecule has 1 aromatic rings. The molecule has 0 spiro atoms. The fourth-order valence-electron chi connectivity index (χ4n) is 2.37. The number of hydrazine groups is 1. The smallest absolute Gasteiger partial charge is 0.224 e. The van der Waals surface area contributed by atoms with E-state index < -0.39 is 5.41 Å². The molecule has 7 nitrogen and oxygen atoms in total. The topological polar surface area (TPSA) is 110 Å². The number of carbonyl (C=O) groups is 1. The first-order chi connectivity index (χ1) is 8.93. The molecular weight excluding hydrogens is 244 g/mol. The summed E-state index contributed by atoms with van der Waals surface area (Å²) in [4.78, 5) is 22.2. The summed E-state index contributed by atoms with van der Waals surface area (Å²) in [5, 5.41) is 0. The number of primary amides is 1. The Morgan fingerprint density at radius 3 is 2.89 bits per heavy atom. The Bertz CT molecular complexity index is 491. The van der Waals surface area contributed by atoms with Crippen LogP contribution >= 0.6 is 0 Å². The molecule has 2 heterocycles. The van der Waals surface area contributed by atoms with Gasteiger partial charge in [-0.25, -0.2) is 15.8 Å². The molecule has 1 atom stereocenters. The van der Waals surface area contributed by atoms with Gasteiger partial charge in [-0.05, 0) is 26.8 Å². The van der Waals surface area contributed by atoms with Crippen molar-refractivity contribution in [2.24, 2.45) is 17.0 Å². The molecule has 1 aliphatic rings. The zero-order valence-electron chi connectivity index (χ0n) is 11.3. The second-order valence-electron chi connectivity index (χ2n) is 5.34. The van der Waals surface area contributed by atoms with Crippen LogP contribution in [0.2, 0.25) is 0 Å². The molecule has 0 bridgehead atoms. The molecule has 1 aliphatic heterocycles. The summed E-state index contributed by atoms with van der Waals surface area (Å²) in [6.45, 7) is 5.86. The number of likely N-dealkylation sites (tertiary alicyclic amines) is 1. The van der Waals surface area contributed by atoms with Crippen LogP contribution in [0.3, 0.4) is 0 Å². The van der Waals surface area contributed by atoms with E-state index >= 15 is 0 Å². The van der Waals surface area contributed by atoms with Gasteiger partial charge >= 0.3 is 0 Å². The summed E-state index contributed by atoms with van der Waals surface area (Å²) in [5.41, 5.74) is 8.37. The van der Waals surface area contributed by atoms with Gasteiger partial charge in [0.1, 0.15) is 11.6 Å². The highest BCUT2D eigenvalue weighted by Crippen LogP contribution is 2.30. The number of rotatable bonds is 4. The minimum Gasteiger partial charge on any atom is -0.369 e. The van der Waals surface area contributed by atoms with Crippen molar-refractivity contribution in [1.82, 2.24) is 14.9 Å². The van der Waals surface area contributed by atoms with Gasteiger partial charge < -0.3 is 11.2 Å². The van der Waals surface area contributed by atoms with Gasteiger partial charge in [-0.15, -0.1) is 0 Å². The Morgan fingerprint density at radius 2 is 2.32 bits per heavy atom. The Hall–Kier alpha value is -1.73. The van der Waals surface area contributed by atoms with Crippen molar-refractivity contribution in [3.05, 3.63) is 17.6 Å². The van der Waals surface area contributed by atoms with Crippen molar-refractivity contribution in [1.29, 1.82) is 0 Å². The fraction of sp³-hybridized carbons (Fsp3) is 0.583. The minimum absolute atomic E-state index is 0.246. The molecule has 1 saturated heterocycles. The summed E-state index contributed by atoms with van der Waals surface area (Å²) in [6, 6.07) is 1.78. The summed E-state index contributed by atoms with van der Waals surface area (Å²) >= 11 is 0. The maximum atomic E-state index is 11.4. The molecule has 1 amide bonds. The normalized spacial score (nSPS) is 23.5. The molecule has 1 fully saturated rings. The van der Waals surface area contributed by atoms with Crippen LogP contribution in [0.15, 0.2) is 6.07 Å². The molecule has 7 heteroatoms. The summed E-state index contributed by atoms with van der Waals surface area (Å²) < 4.78 is 0. The molecule has 0 radical (unpaired) electrons. The van der Waals surface area contributed by atoms with E-state index in [2.05, 4.69) is 20.3 Å². The van der Waals surface area contributed by atoms with Gasteiger partial charge in [0.2, 0.25) is 5.91 Å². The second-order valence-corrected chi connectivity index (χ2v) is 5.34. The van der Waals surface area contributed by atoms with Gasteiger partial charge in [0.05, 0.1) is 12.0 Å². The number of aromatic nitrogens is 2. The van der Waals surface area contributed by atoms with Crippen LogP contribution in [0.25, 0.3) is 0 Å². The number of aryl methyl sites for hydroxylation is 1. The molecule has 0 saturated carbocycles. The van der Waals surface area contributed by atoms with E-state index in [0.29, 0.717) is 24.7 Å². The predicted molar refractivity (Wildman–Crippen MR) is 71.8 cm³/mol. The van der Waals surface area contributed by atoms with Crippen molar-refractivity contribution >= 4 is 11.7 Å². The summed E-state index contributed by atoms with van der Waals surface area (Å²) in [7, 11) is 0. The number of amides is 1. The van der Waals surface area contributed by atoms with Gasteiger partial charge in [-0.1, -0.05) is 0 Å². The highest BCUT2D eigenvalue weighted by atomic mass is 16.1. The van der Waals surface area contributed by atoms with E-state index in [1.165, 1.54) is 0 Å². The third-order valence-corrected chi connectivity index (χ3v) is 3.56. The lowest BCUT2D eigenvalue weighted by Crippen LogP contribution is -2.37. The van der Waals surface area contributed by atoms with E-state index in [1.54, 1.807) is 6.07 Å². The van der Waals surface area contributed by atoms with E-state index in [-0.39, 0.29) is 5.91 Å². The third kappa shape index (κ3) is 2.99. The zero-order chi connectivity index (χ0) is 14.0. The van der Waals surface area contributed by atoms with E-state index in [9.17, 15) is 4.79 Å². The highest BCUT2D eigenvalue weighted by molar-refractivity contribution is 5.81. The van der Waals surface area contributed by atoms with Crippen molar-refractivity contribution in [2.75, 3.05) is 18.5 Å². The first kappa shape index (κ1) is 13.7. The molecule has 5 N–H and O–H groups in total. The van der Waals surface area contributed by atoms with Gasteiger partial charge in [-0.3, -0.25) is 9.69 Å². The van der Waals surface area contributed by atoms with Crippen LogP contribution in [-0.4, -0.2) is 33.9 Å². The fourth-order valence-corrected chi connectivity index (χ4v) is 2.37. The molecule has 104 valence electrons. The average Bonchev–Trinajstić information content (AvgIpc) is 2.71. The number of nitrogens with two attached hydrogens (primary N) is 2. The first-order valence-corrected chi connectivity index (χ1v) is 6.26. The van der Waals surface area contributed by atoms with Gasteiger partial charge in [0, 0.05) is 18.3 Å². The van der Waals surface area contributed by atoms with Crippen LogP contribution in [0.1, 0.15) is 24.9 Å². The van der Waals surface area contributed by atoms with Crippen LogP contribution in [0.4, 0.5) is 5.82 Å². The lowest BCUT2D eigenvalue weighted by molar-refractivity contribution is -0.126. The monoisotopic (exact) mass is 264 g/mol. The second kappa shape index (κ2) is 5.10. The largest absolute Gasteiger partial charge is 0.369 e. The van der Waals surface area contributed by atoms with Gasteiger partial charge in [0.15, 0.2) is 0 Å². The highest BCUT2D eigenvalue weighted by Gasteiger charge is 2.38. The van der Waals surface area contributed by atoms with E-state index in [1.807, 2.05) is 13.8 Å². The minimum atomic E-state index is -0.446. The Balaban J connectivity index is 2.07. The number of hydrogen-bond donors (Lipinski definition) is 3. The Labute approximate surface area is 112 Å². The maximum Gasteiger partial charge on any atom is 0.224 e. The number of nitrogens with zero attached hydrogens (tertiary/aromatic N) is 3. The standard InChI is InChI=1S/C12H20N6O/c1-8-5-9(17-14)16-10(15-8)6-18-4-3-12(2,7-18)11(13)19/h5H,3-4,6-7,14H2,1-2H3,(H2,13,19)(H,15,16,17). The number of anilines is 1. The quantitative estimate of drug-likeness (QED) is 0.512.